The van der Waals surface area contributed by atoms with Crippen LogP contribution in [0, 0.1) is 24.1 Å². The lowest BCUT2D eigenvalue weighted by Gasteiger charge is -2.06. The van der Waals surface area contributed by atoms with Crippen molar-refractivity contribution in [1.82, 2.24) is 0 Å². The molecule has 0 aliphatic rings. The van der Waals surface area contributed by atoms with Gasteiger partial charge in [-0.25, -0.2) is 4.39 Å². The minimum absolute atomic E-state index is 0.256. The third kappa shape index (κ3) is 2.64. The van der Waals surface area contributed by atoms with E-state index in [4.69, 9.17) is 9.68 Å². The standard InChI is InChI=1S/C13H11FN2O/c1-9-2-5-12(14)13(6-9)16-8-11-4-3-10(7-15)17-11/h2-6,16H,8H2,1H3. The van der Waals surface area contributed by atoms with Gasteiger partial charge < -0.3 is 9.73 Å². The lowest BCUT2D eigenvalue weighted by Crippen LogP contribution is -2.00. The Labute approximate surface area is 98.5 Å². The fourth-order valence-electron chi connectivity index (χ4n) is 1.49. The maximum atomic E-state index is 13.4. The van der Waals surface area contributed by atoms with Crippen LogP contribution in [0.5, 0.6) is 0 Å². The monoisotopic (exact) mass is 230 g/mol. The van der Waals surface area contributed by atoms with Crippen molar-refractivity contribution in [3.8, 4) is 6.07 Å². The number of aryl methyl sites for hydroxylation is 1. The molecule has 0 unspecified atom stereocenters. The Kier molecular flexibility index (Phi) is 3.10. The molecule has 0 aliphatic carbocycles. The summed E-state index contributed by atoms with van der Waals surface area (Å²) in [5.41, 5.74) is 1.41. The topological polar surface area (TPSA) is 49.0 Å². The van der Waals surface area contributed by atoms with E-state index in [-0.39, 0.29) is 11.6 Å². The maximum absolute atomic E-state index is 13.4. The summed E-state index contributed by atoms with van der Waals surface area (Å²) in [6, 6.07) is 10.0. The van der Waals surface area contributed by atoms with Gasteiger partial charge in [0, 0.05) is 0 Å². The second-order valence-electron chi connectivity index (χ2n) is 3.71. The van der Waals surface area contributed by atoms with Crippen LogP contribution in [0.15, 0.2) is 34.7 Å². The second kappa shape index (κ2) is 4.71. The molecule has 0 saturated carbocycles. The summed E-state index contributed by atoms with van der Waals surface area (Å²) in [5, 5.41) is 11.5. The molecule has 0 atom stereocenters. The van der Waals surface area contributed by atoms with Crippen LogP contribution in [0.2, 0.25) is 0 Å². The molecule has 0 aliphatic heterocycles. The largest absolute Gasteiger partial charge is 0.449 e. The van der Waals surface area contributed by atoms with Crippen molar-refractivity contribution < 1.29 is 8.81 Å². The SMILES string of the molecule is Cc1ccc(F)c(NCc2ccc(C#N)o2)c1. The molecule has 1 aromatic heterocycles. The molecule has 0 spiro atoms. The number of nitrogens with one attached hydrogen (secondary N) is 1. The number of nitrogens with zero attached hydrogens (tertiary/aromatic N) is 1. The van der Waals surface area contributed by atoms with E-state index in [2.05, 4.69) is 5.32 Å². The van der Waals surface area contributed by atoms with E-state index in [0.717, 1.165) is 5.56 Å². The third-order valence-corrected chi connectivity index (χ3v) is 2.35. The van der Waals surface area contributed by atoms with Gasteiger partial charge in [0.15, 0.2) is 0 Å². The number of nitriles is 1. The zero-order chi connectivity index (χ0) is 12.3. The minimum Gasteiger partial charge on any atom is -0.449 e. The van der Waals surface area contributed by atoms with Crippen molar-refractivity contribution in [2.24, 2.45) is 0 Å². The van der Waals surface area contributed by atoms with Crippen LogP contribution >= 0.6 is 0 Å². The van der Waals surface area contributed by atoms with E-state index in [9.17, 15) is 4.39 Å². The molecule has 1 N–H and O–H groups in total. The summed E-state index contributed by atoms with van der Waals surface area (Å²) in [6.45, 7) is 2.24. The Morgan fingerprint density at radius 3 is 2.88 bits per heavy atom. The summed E-state index contributed by atoms with van der Waals surface area (Å²) in [4.78, 5) is 0. The zero-order valence-corrected chi connectivity index (χ0v) is 9.33. The molecule has 17 heavy (non-hydrogen) atoms. The molecule has 3 nitrogen and oxygen atoms in total. The van der Waals surface area contributed by atoms with Crippen LogP contribution in [0.1, 0.15) is 17.1 Å². The first kappa shape index (κ1) is 11.2. The molecule has 2 aromatic rings. The van der Waals surface area contributed by atoms with Crippen LogP contribution in [-0.2, 0) is 6.54 Å². The number of furan rings is 1. The number of hydrogen-bond acceptors (Lipinski definition) is 3. The van der Waals surface area contributed by atoms with Gasteiger partial charge in [-0.3, -0.25) is 0 Å². The first-order chi connectivity index (χ1) is 8.19. The highest BCUT2D eigenvalue weighted by Crippen LogP contribution is 2.17. The second-order valence-corrected chi connectivity index (χ2v) is 3.71. The molecule has 4 heteroatoms. The smallest absolute Gasteiger partial charge is 0.203 e. The van der Waals surface area contributed by atoms with Crippen molar-refractivity contribution in [2.75, 3.05) is 5.32 Å². The average molecular weight is 230 g/mol. The van der Waals surface area contributed by atoms with Gasteiger partial charge in [0.05, 0.1) is 12.2 Å². The molecular weight excluding hydrogens is 219 g/mol. The van der Waals surface area contributed by atoms with Gasteiger partial charge in [-0.2, -0.15) is 5.26 Å². The molecule has 0 amide bonds. The summed E-state index contributed by atoms with van der Waals surface area (Å²) >= 11 is 0. The highest BCUT2D eigenvalue weighted by molar-refractivity contribution is 5.47. The first-order valence-electron chi connectivity index (χ1n) is 5.18. The molecular formula is C13H11FN2O. The molecule has 0 saturated heterocycles. The van der Waals surface area contributed by atoms with Gasteiger partial charge in [0.1, 0.15) is 17.6 Å². The third-order valence-electron chi connectivity index (χ3n) is 2.35. The fraction of sp³-hybridized carbons (Fsp3) is 0.154. The average Bonchev–Trinajstić information content (AvgIpc) is 2.78. The Hall–Kier alpha value is -2.28. The normalized spacial score (nSPS) is 9.94. The van der Waals surface area contributed by atoms with Gasteiger partial charge in [-0.15, -0.1) is 0 Å². The fourth-order valence-corrected chi connectivity index (χ4v) is 1.49. The number of rotatable bonds is 3. The summed E-state index contributed by atoms with van der Waals surface area (Å²) in [5.74, 6) is 0.552. The van der Waals surface area contributed by atoms with E-state index < -0.39 is 0 Å². The Bertz CT molecular complexity index is 569. The number of anilines is 1. The van der Waals surface area contributed by atoms with E-state index >= 15 is 0 Å². The van der Waals surface area contributed by atoms with E-state index in [1.54, 1.807) is 24.3 Å². The lowest BCUT2D eigenvalue weighted by atomic mass is 10.2. The predicted octanol–water partition coefficient (Wildman–Crippen LogP) is 3.21. The summed E-state index contributed by atoms with van der Waals surface area (Å²) in [6.07, 6.45) is 0. The summed E-state index contributed by atoms with van der Waals surface area (Å²) in [7, 11) is 0. The van der Waals surface area contributed by atoms with Gasteiger partial charge in [-0.05, 0) is 36.8 Å². The van der Waals surface area contributed by atoms with Crippen molar-refractivity contribution in [3.63, 3.8) is 0 Å². The van der Waals surface area contributed by atoms with Crippen LogP contribution in [-0.4, -0.2) is 0 Å². The Morgan fingerprint density at radius 2 is 2.18 bits per heavy atom. The number of halogens is 1. The van der Waals surface area contributed by atoms with Gasteiger partial charge in [0.2, 0.25) is 5.76 Å². The molecule has 0 radical (unpaired) electrons. The molecule has 86 valence electrons. The van der Waals surface area contributed by atoms with E-state index in [0.29, 0.717) is 18.0 Å². The van der Waals surface area contributed by atoms with Crippen molar-refractivity contribution in [3.05, 3.63) is 53.2 Å². The first-order valence-corrected chi connectivity index (χ1v) is 5.18. The molecule has 0 fully saturated rings. The zero-order valence-electron chi connectivity index (χ0n) is 9.33. The molecule has 1 heterocycles. The van der Waals surface area contributed by atoms with Crippen LogP contribution in [0.25, 0.3) is 0 Å². The lowest BCUT2D eigenvalue weighted by molar-refractivity contribution is 0.505. The quantitative estimate of drug-likeness (QED) is 0.880. The minimum atomic E-state index is -0.303. The maximum Gasteiger partial charge on any atom is 0.203 e. The molecule has 0 bridgehead atoms. The van der Waals surface area contributed by atoms with Crippen molar-refractivity contribution >= 4 is 5.69 Å². The van der Waals surface area contributed by atoms with Gasteiger partial charge in [-0.1, -0.05) is 6.07 Å². The van der Waals surface area contributed by atoms with E-state index in [1.165, 1.54) is 6.07 Å². The molecule has 2 rings (SSSR count). The van der Waals surface area contributed by atoms with Crippen LogP contribution in [0.3, 0.4) is 0 Å². The van der Waals surface area contributed by atoms with Crippen molar-refractivity contribution in [1.29, 1.82) is 5.26 Å². The Morgan fingerprint density at radius 1 is 1.35 bits per heavy atom. The van der Waals surface area contributed by atoms with Gasteiger partial charge in [0.25, 0.3) is 0 Å². The number of hydrogen-bond donors (Lipinski definition) is 1. The summed E-state index contributed by atoms with van der Waals surface area (Å²) < 4.78 is 18.6. The van der Waals surface area contributed by atoms with E-state index in [1.807, 2.05) is 13.0 Å². The van der Waals surface area contributed by atoms with Crippen LogP contribution < -0.4 is 5.32 Å². The highest BCUT2D eigenvalue weighted by atomic mass is 19.1. The van der Waals surface area contributed by atoms with Crippen LogP contribution in [0.4, 0.5) is 10.1 Å². The van der Waals surface area contributed by atoms with Gasteiger partial charge >= 0.3 is 0 Å². The molecule has 1 aromatic carbocycles. The Balaban J connectivity index is 2.07. The predicted molar refractivity (Wildman–Crippen MR) is 61.9 cm³/mol. The highest BCUT2D eigenvalue weighted by Gasteiger charge is 2.04. The number of benzene rings is 1. The van der Waals surface area contributed by atoms with Crippen molar-refractivity contribution in [2.45, 2.75) is 13.5 Å².